The summed E-state index contributed by atoms with van der Waals surface area (Å²) >= 11 is 1.54. The van der Waals surface area contributed by atoms with Gasteiger partial charge in [0, 0.05) is 21.6 Å². The first kappa shape index (κ1) is 18.7. The summed E-state index contributed by atoms with van der Waals surface area (Å²) in [6.07, 6.45) is 1.31. The zero-order chi connectivity index (χ0) is 20.1. The number of para-hydroxylation sites is 1. The Hall–Kier alpha value is -3.64. The molecule has 0 spiro atoms. The van der Waals surface area contributed by atoms with Crippen molar-refractivity contribution >= 4 is 23.4 Å². The Bertz CT molecular complexity index is 1190. The number of hydrogen-bond donors (Lipinski definition) is 2. The van der Waals surface area contributed by atoms with E-state index in [-0.39, 0.29) is 5.56 Å². The molecule has 0 aliphatic rings. The molecule has 1 aromatic heterocycles. The highest BCUT2D eigenvalue weighted by atomic mass is 32.2. The fourth-order valence-electron chi connectivity index (χ4n) is 2.76. The van der Waals surface area contributed by atoms with Crippen LogP contribution in [0.3, 0.4) is 0 Å². The summed E-state index contributed by atoms with van der Waals surface area (Å²) < 4.78 is 0. The molecule has 0 saturated carbocycles. The van der Waals surface area contributed by atoms with Crippen LogP contribution in [0, 0.1) is 0 Å². The van der Waals surface area contributed by atoms with Crippen molar-refractivity contribution in [3.63, 3.8) is 0 Å². The third-order valence-corrected chi connectivity index (χ3v) is 5.28. The number of benzene rings is 3. The maximum absolute atomic E-state index is 12.7. The van der Waals surface area contributed by atoms with Gasteiger partial charge >= 0.3 is 0 Å². The number of carbonyl (C=O) groups excluding carboxylic acids is 1. The van der Waals surface area contributed by atoms with Crippen molar-refractivity contribution in [2.45, 2.75) is 9.79 Å². The Morgan fingerprint density at radius 1 is 0.862 bits per heavy atom. The number of carbonyl (C=O) groups is 1. The SMILES string of the molecule is O=C(Nc1ccccc1Sc1ccccc1)c1cnc(-c2ccccc2)[nH]c1=O. The van der Waals surface area contributed by atoms with Crippen LogP contribution in [-0.4, -0.2) is 15.9 Å². The van der Waals surface area contributed by atoms with Crippen molar-refractivity contribution in [3.05, 3.63) is 107 Å². The van der Waals surface area contributed by atoms with Gasteiger partial charge in [-0.05, 0) is 24.3 Å². The Labute approximate surface area is 171 Å². The van der Waals surface area contributed by atoms with Crippen molar-refractivity contribution in [2.75, 3.05) is 5.32 Å². The molecule has 0 bridgehead atoms. The maximum atomic E-state index is 12.7. The number of aromatic amines is 1. The first-order valence-electron chi connectivity index (χ1n) is 8.99. The fourth-order valence-corrected chi connectivity index (χ4v) is 3.69. The molecule has 3 aromatic carbocycles. The van der Waals surface area contributed by atoms with E-state index in [2.05, 4.69) is 15.3 Å². The van der Waals surface area contributed by atoms with Gasteiger partial charge in [0.2, 0.25) is 0 Å². The normalized spacial score (nSPS) is 10.5. The summed E-state index contributed by atoms with van der Waals surface area (Å²) in [5.41, 5.74) is 0.896. The van der Waals surface area contributed by atoms with E-state index >= 15 is 0 Å². The van der Waals surface area contributed by atoms with E-state index in [1.165, 1.54) is 18.0 Å². The number of anilines is 1. The lowest BCUT2D eigenvalue weighted by molar-refractivity contribution is 0.102. The van der Waals surface area contributed by atoms with Crippen LogP contribution >= 0.6 is 11.8 Å². The van der Waals surface area contributed by atoms with Gasteiger partial charge in [0.15, 0.2) is 0 Å². The zero-order valence-electron chi connectivity index (χ0n) is 15.3. The van der Waals surface area contributed by atoms with Gasteiger partial charge in [-0.15, -0.1) is 0 Å². The van der Waals surface area contributed by atoms with Crippen molar-refractivity contribution < 1.29 is 4.79 Å². The van der Waals surface area contributed by atoms with Gasteiger partial charge in [-0.1, -0.05) is 72.4 Å². The molecular formula is C23H17N3O2S. The molecule has 6 heteroatoms. The molecule has 2 N–H and O–H groups in total. The minimum atomic E-state index is -0.500. The number of amides is 1. The Morgan fingerprint density at radius 3 is 2.24 bits per heavy atom. The second-order valence-corrected chi connectivity index (χ2v) is 7.32. The molecular weight excluding hydrogens is 382 g/mol. The molecule has 0 atom stereocenters. The summed E-state index contributed by atoms with van der Waals surface area (Å²) in [6, 6.07) is 26.6. The standard InChI is InChI=1S/C23H17N3O2S/c27-22(18-15-24-21(26-23(18)28)16-9-3-1-4-10-16)25-19-13-7-8-14-20(19)29-17-11-5-2-6-12-17/h1-15H,(H,25,27)(H,24,26,28). The van der Waals surface area contributed by atoms with E-state index in [9.17, 15) is 9.59 Å². The molecule has 4 aromatic rings. The van der Waals surface area contributed by atoms with Crippen LogP contribution in [0.5, 0.6) is 0 Å². The predicted octanol–water partition coefficient (Wildman–Crippen LogP) is 4.84. The maximum Gasteiger partial charge on any atom is 0.264 e. The lowest BCUT2D eigenvalue weighted by atomic mass is 10.2. The Balaban J connectivity index is 1.57. The molecule has 0 aliphatic heterocycles. The highest BCUT2D eigenvalue weighted by molar-refractivity contribution is 7.99. The van der Waals surface area contributed by atoms with Crippen LogP contribution in [0.25, 0.3) is 11.4 Å². The number of aromatic nitrogens is 2. The molecule has 1 heterocycles. The quantitative estimate of drug-likeness (QED) is 0.504. The zero-order valence-corrected chi connectivity index (χ0v) is 16.1. The van der Waals surface area contributed by atoms with Gasteiger partial charge < -0.3 is 10.3 Å². The Kier molecular flexibility index (Phi) is 5.54. The molecule has 29 heavy (non-hydrogen) atoms. The third-order valence-electron chi connectivity index (χ3n) is 4.20. The minimum Gasteiger partial charge on any atom is -0.321 e. The number of hydrogen-bond acceptors (Lipinski definition) is 4. The van der Waals surface area contributed by atoms with Crippen molar-refractivity contribution in [1.29, 1.82) is 0 Å². The summed E-state index contributed by atoms with van der Waals surface area (Å²) in [5, 5.41) is 2.83. The summed E-state index contributed by atoms with van der Waals surface area (Å²) in [6.45, 7) is 0. The average Bonchev–Trinajstić information content (AvgIpc) is 2.76. The second kappa shape index (κ2) is 8.58. The van der Waals surface area contributed by atoms with E-state index < -0.39 is 11.5 Å². The van der Waals surface area contributed by atoms with Crippen LogP contribution < -0.4 is 10.9 Å². The van der Waals surface area contributed by atoms with Gasteiger partial charge in [0.25, 0.3) is 11.5 Å². The summed E-state index contributed by atoms with van der Waals surface area (Å²) in [5.74, 6) is -0.0772. The predicted molar refractivity (Wildman–Crippen MR) is 115 cm³/mol. The van der Waals surface area contributed by atoms with Crippen LogP contribution in [0.15, 0.2) is 106 Å². The van der Waals surface area contributed by atoms with Crippen molar-refractivity contribution in [3.8, 4) is 11.4 Å². The molecule has 142 valence electrons. The molecule has 0 radical (unpaired) electrons. The molecule has 5 nitrogen and oxygen atoms in total. The van der Waals surface area contributed by atoms with Gasteiger partial charge in [-0.3, -0.25) is 9.59 Å². The molecule has 0 unspecified atom stereocenters. The van der Waals surface area contributed by atoms with E-state index in [0.29, 0.717) is 11.5 Å². The van der Waals surface area contributed by atoms with Gasteiger partial charge in [0.05, 0.1) is 5.69 Å². The minimum absolute atomic E-state index is 0.0378. The monoisotopic (exact) mass is 399 g/mol. The number of nitrogens with one attached hydrogen (secondary N) is 2. The highest BCUT2D eigenvalue weighted by Gasteiger charge is 2.15. The smallest absolute Gasteiger partial charge is 0.264 e. The van der Waals surface area contributed by atoms with Gasteiger partial charge in [0.1, 0.15) is 11.4 Å². The first-order chi connectivity index (χ1) is 14.2. The topological polar surface area (TPSA) is 74.8 Å². The average molecular weight is 399 g/mol. The summed E-state index contributed by atoms with van der Waals surface area (Å²) in [7, 11) is 0. The lowest BCUT2D eigenvalue weighted by Gasteiger charge is -2.10. The number of H-pyrrole nitrogens is 1. The third kappa shape index (κ3) is 4.44. The molecule has 0 fully saturated rings. The molecule has 1 amide bonds. The lowest BCUT2D eigenvalue weighted by Crippen LogP contribution is -2.24. The van der Waals surface area contributed by atoms with Crippen LogP contribution in [0.2, 0.25) is 0 Å². The Morgan fingerprint density at radius 2 is 1.52 bits per heavy atom. The largest absolute Gasteiger partial charge is 0.321 e. The van der Waals surface area contributed by atoms with Crippen LogP contribution in [-0.2, 0) is 0 Å². The molecule has 0 saturated heterocycles. The van der Waals surface area contributed by atoms with Crippen LogP contribution in [0.4, 0.5) is 5.69 Å². The first-order valence-corrected chi connectivity index (χ1v) is 9.80. The van der Waals surface area contributed by atoms with E-state index in [0.717, 1.165) is 15.4 Å². The summed E-state index contributed by atoms with van der Waals surface area (Å²) in [4.78, 5) is 34.0. The number of nitrogens with zero attached hydrogens (tertiary/aromatic N) is 1. The van der Waals surface area contributed by atoms with Crippen LogP contribution in [0.1, 0.15) is 10.4 Å². The van der Waals surface area contributed by atoms with Gasteiger partial charge in [-0.25, -0.2) is 4.98 Å². The van der Waals surface area contributed by atoms with Crippen molar-refractivity contribution in [1.82, 2.24) is 9.97 Å². The van der Waals surface area contributed by atoms with E-state index in [1.807, 2.05) is 84.9 Å². The number of rotatable bonds is 5. The highest BCUT2D eigenvalue weighted by Crippen LogP contribution is 2.33. The van der Waals surface area contributed by atoms with E-state index in [1.54, 1.807) is 0 Å². The fraction of sp³-hybridized carbons (Fsp3) is 0. The second-order valence-electron chi connectivity index (χ2n) is 6.21. The molecule has 4 rings (SSSR count). The molecule has 0 aliphatic carbocycles. The van der Waals surface area contributed by atoms with E-state index in [4.69, 9.17) is 0 Å². The van der Waals surface area contributed by atoms with Gasteiger partial charge in [-0.2, -0.15) is 0 Å². The van der Waals surface area contributed by atoms with Crippen molar-refractivity contribution in [2.24, 2.45) is 0 Å².